The first-order valence-electron chi connectivity index (χ1n) is 5.87. The van der Waals surface area contributed by atoms with E-state index >= 15 is 0 Å². The molecular formula is C13H10ClN3O2. The molecule has 0 N–H and O–H groups in total. The first-order valence-corrected chi connectivity index (χ1v) is 6.25. The van der Waals surface area contributed by atoms with Gasteiger partial charge in [0.1, 0.15) is 23.0 Å². The minimum Gasteiger partial charge on any atom is -0.471 e. The second-order valence-corrected chi connectivity index (χ2v) is 4.64. The highest BCUT2D eigenvalue weighted by atomic mass is 35.5. The van der Waals surface area contributed by atoms with Crippen molar-refractivity contribution in [3.05, 3.63) is 29.2 Å². The summed E-state index contributed by atoms with van der Waals surface area (Å²) in [6.07, 6.45) is 2.40. The molecule has 1 saturated heterocycles. The maximum Gasteiger partial charge on any atom is 0.223 e. The van der Waals surface area contributed by atoms with Crippen molar-refractivity contribution in [1.82, 2.24) is 9.97 Å². The summed E-state index contributed by atoms with van der Waals surface area (Å²) < 4.78 is 11.1. The molecule has 2 aromatic rings. The van der Waals surface area contributed by atoms with Crippen LogP contribution in [0.5, 0.6) is 5.88 Å². The predicted octanol–water partition coefficient (Wildman–Crippen LogP) is 2.32. The molecule has 0 bridgehead atoms. The molecule has 5 nitrogen and oxygen atoms in total. The third kappa shape index (κ3) is 2.46. The third-order valence-electron chi connectivity index (χ3n) is 2.93. The Bertz CT molecular complexity index is 663. The Hall–Kier alpha value is -1.90. The predicted molar refractivity (Wildman–Crippen MR) is 69.1 cm³/mol. The van der Waals surface area contributed by atoms with Gasteiger partial charge in [-0.15, -0.1) is 0 Å². The summed E-state index contributed by atoms with van der Waals surface area (Å²) >= 11 is 5.90. The summed E-state index contributed by atoms with van der Waals surface area (Å²) in [7, 11) is 0. The van der Waals surface area contributed by atoms with Crippen molar-refractivity contribution in [1.29, 1.82) is 5.26 Å². The van der Waals surface area contributed by atoms with Crippen LogP contribution in [0.3, 0.4) is 0 Å². The van der Waals surface area contributed by atoms with Gasteiger partial charge in [-0.05, 0) is 12.1 Å². The molecule has 1 fully saturated rings. The lowest BCUT2D eigenvalue weighted by Crippen LogP contribution is -2.16. The Morgan fingerprint density at radius 3 is 3.11 bits per heavy atom. The second kappa shape index (κ2) is 5.00. The monoisotopic (exact) mass is 275 g/mol. The van der Waals surface area contributed by atoms with Gasteiger partial charge in [-0.3, -0.25) is 0 Å². The minimum atomic E-state index is -0.0309. The molecule has 0 spiro atoms. The Balaban J connectivity index is 2.08. The van der Waals surface area contributed by atoms with E-state index in [1.54, 1.807) is 18.3 Å². The summed E-state index contributed by atoms with van der Waals surface area (Å²) in [6.45, 7) is 1.22. The van der Waals surface area contributed by atoms with Crippen LogP contribution in [-0.2, 0) is 4.74 Å². The molecule has 1 atom stereocenters. The molecule has 1 aliphatic heterocycles. The van der Waals surface area contributed by atoms with Gasteiger partial charge < -0.3 is 9.47 Å². The largest absolute Gasteiger partial charge is 0.471 e. The number of pyridine rings is 2. The zero-order chi connectivity index (χ0) is 13.2. The number of hydrogen-bond acceptors (Lipinski definition) is 5. The lowest BCUT2D eigenvalue weighted by Gasteiger charge is -2.13. The highest BCUT2D eigenvalue weighted by Gasteiger charge is 2.19. The van der Waals surface area contributed by atoms with Crippen LogP contribution in [0.1, 0.15) is 12.1 Å². The van der Waals surface area contributed by atoms with Crippen LogP contribution < -0.4 is 4.74 Å². The van der Waals surface area contributed by atoms with Crippen LogP contribution in [0, 0.1) is 11.3 Å². The van der Waals surface area contributed by atoms with E-state index in [-0.39, 0.29) is 6.10 Å². The highest BCUT2D eigenvalue weighted by Crippen LogP contribution is 2.27. The molecule has 2 aromatic heterocycles. The summed E-state index contributed by atoms with van der Waals surface area (Å²) in [5, 5.41) is 10.9. The molecule has 19 heavy (non-hydrogen) atoms. The van der Waals surface area contributed by atoms with Crippen LogP contribution in [0.25, 0.3) is 10.8 Å². The van der Waals surface area contributed by atoms with Crippen molar-refractivity contribution in [2.75, 3.05) is 13.2 Å². The molecule has 0 saturated carbocycles. The fourth-order valence-corrected chi connectivity index (χ4v) is 2.16. The van der Waals surface area contributed by atoms with Gasteiger partial charge in [0.15, 0.2) is 0 Å². The number of hydrogen-bond donors (Lipinski definition) is 0. The normalized spacial score (nSPS) is 18.4. The topological polar surface area (TPSA) is 68.0 Å². The zero-order valence-electron chi connectivity index (χ0n) is 9.97. The second-order valence-electron chi connectivity index (χ2n) is 4.26. The smallest absolute Gasteiger partial charge is 0.223 e. The third-order valence-corrected chi connectivity index (χ3v) is 3.13. The minimum absolute atomic E-state index is 0.0309. The lowest BCUT2D eigenvalue weighted by molar-refractivity contribution is 0.139. The van der Waals surface area contributed by atoms with E-state index < -0.39 is 0 Å². The van der Waals surface area contributed by atoms with Crippen molar-refractivity contribution in [2.45, 2.75) is 12.5 Å². The average molecular weight is 276 g/mol. The van der Waals surface area contributed by atoms with E-state index in [4.69, 9.17) is 26.3 Å². The van der Waals surface area contributed by atoms with E-state index in [2.05, 4.69) is 9.97 Å². The quantitative estimate of drug-likeness (QED) is 0.787. The SMILES string of the molecule is N#Cc1cc2cnc(Cl)cc2c(O[C@H]2CCOC2)n1. The molecule has 1 aliphatic rings. The molecule has 3 rings (SSSR count). The highest BCUT2D eigenvalue weighted by molar-refractivity contribution is 6.30. The number of nitrogens with zero attached hydrogens (tertiary/aromatic N) is 3. The van der Waals surface area contributed by atoms with Gasteiger partial charge in [0, 0.05) is 23.4 Å². The fraction of sp³-hybridized carbons (Fsp3) is 0.308. The van der Waals surface area contributed by atoms with E-state index in [1.165, 1.54) is 0 Å². The molecule has 0 amide bonds. The van der Waals surface area contributed by atoms with Crippen molar-refractivity contribution < 1.29 is 9.47 Å². The van der Waals surface area contributed by atoms with Crippen LogP contribution in [-0.4, -0.2) is 29.3 Å². The van der Waals surface area contributed by atoms with Crippen LogP contribution in [0.15, 0.2) is 18.3 Å². The fourth-order valence-electron chi connectivity index (χ4n) is 2.00. The van der Waals surface area contributed by atoms with Crippen molar-refractivity contribution >= 4 is 22.4 Å². The molecule has 96 valence electrons. The number of fused-ring (bicyclic) bond motifs is 1. The van der Waals surface area contributed by atoms with Crippen molar-refractivity contribution in [3.63, 3.8) is 0 Å². The molecule has 0 radical (unpaired) electrons. The van der Waals surface area contributed by atoms with E-state index in [1.807, 2.05) is 6.07 Å². The van der Waals surface area contributed by atoms with Gasteiger partial charge in [0.05, 0.1) is 13.2 Å². The van der Waals surface area contributed by atoms with Crippen molar-refractivity contribution in [2.24, 2.45) is 0 Å². The van der Waals surface area contributed by atoms with Gasteiger partial charge in [0.25, 0.3) is 0 Å². The Morgan fingerprint density at radius 1 is 1.47 bits per heavy atom. The number of aromatic nitrogens is 2. The number of nitriles is 1. The van der Waals surface area contributed by atoms with E-state index in [9.17, 15) is 0 Å². The Morgan fingerprint density at radius 2 is 2.37 bits per heavy atom. The van der Waals surface area contributed by atoms with Gasteiger partial charge in [0.2, 0.25) is 5.88 Å². The van der Waals surface area contributed by atoms with Crippen molar-refractivity contribution in [3.8, 4) is 11.9 Å². The van der Waals surface area contributed by atoms with Gasteiger partial charge in [-0.1, -0.05) is 11.6 Å². The number of ether oxygens (including phenoxy) is 2. The van der Waals surface area contributed by atoms with Crippen LogP contribution >= 0.6 is 11.6 Å². The zero-order valence-corrected chi connectivity index (χ0v) is 10.7. The maximum absolute atomic E-state index is 9.00. The van der Waals surface area contributed by atoms with E-state index in [0.717, 1.165) is 17.2 Å². The summed E-state index contributed by atoms with van der Waals surface area (Å²) in [6, 6.07) is 5.37. The summed E-state index contributed by atoms with van der Waals surface area (Å²) in [5.74, 6) is 0.411. The van der Waals surface area contributed by atoms with Gasteiger partial charge in [-0.25, -0.2) is 9.97 Å². The van der Waals surface area contributed by atoms with E-state index in [0.29, 0.717) is 29.9 Å². The van der Waals surface area contributed by atoms with Crippen LogP contribution in [0.4, 0.5) is 0 Å². The molecular weight excluding hydrogens is 266 g/mol. The lowest BCUT2D eigenvalue weighted by atomic mass is 10.2. The van der Waals surface area contributed by atoms with Gasteiger partial charge in [-0.2, -0.15) is 5.26 Å². The molecule has 3 heterocycles. The van der Waals surface area contributed by atoms with Gasteiger partial charge >= 0.3 is 0 Å². The average Bonchev–Trinajstić information content (AvgIpc) is 2.92. The maximum atomic E-state index is 9.00. The molecule has 6 heteroatoms. The Labute approximate surface area is 114 Å². The molecule has 0 aromatic carbocycles. The summed E-state index contributed by atoms with van der Waals surface area (Å²) in [5.41, 5.74) is 0.297. The Kier molecular flexibility index (Phi) is 3.20. The van der Waals surface area contributed by atoms with Crippen LogP contribution in [0.2, 0.25) is 5.15 Å². The number of halogens is 1. The molecule has 0 aliphatic carbocycles. The molecule has 0 unspecified atom stereocenters. The first-order chi connectivity index (χ1) is 9.26. The summed E-state index contributed by atoms with van der Waals surface area (Å²) in [4.78, 5) is 8.20. The first kappa shape index (κ1) is 12.2. The standard InChI is InChI=1S/C13H10ClN3O2/c14-12-4-11-8(6-16-12)3-9(5-15)17-13(11)19-10-1-2-18-7-10/h3-4,6,10H,1-2,7H2/t10-/m0/s1. The number of rotatable bonds is 2.